The molecule has 27 heavy (non-hydrogen) atoms. The standard InChI is InChI=1S/C24H20N2O/c1-17-11-13-19(14-12-17)16-22-24(27)26(21-9-4-3-5-10-21)23(25-22)20-8-6-7-18(2)15-20/h3-16H,1-2H3/b22-16+. The summed E-state index contributed by atoms with van der Waals surface area (Å²) in [5.74, 6) is 0.548. The van der Waals surface area contributed by atoms with Gasteiger partial charge in [-0.05, 0) is 43.7 Å². The maximum Gasteiger partial charge on any atom is 0.282 e. The van der Waals surface area contributed by atoms with Crippen LogP contribution in [0.4, 0.5) is 5.69 Å². The van der Waals surface area contributed by atoms with E-state index in [0.717, 1.165) is 22.4 Å². The molecule has 1 heterocycles. The van der Waals surface area contributed by atoms with Gasteiger partial charge in [-0.2, -0.15) is 0 Å². The Hall–Kier alpha value is -3.46. The Bertz CT molecular complexity index is 1050. The van der Waals surface area contributed by atoms with Gasteiger partial charge in [-0.3, -0.25) is 9.69 Å². The lowest BCUT2D eigenvalue weighted by Gasteiger charge is -2.18. The summed E-state index contributed by atoms with van der Waals surface area (Å²) in [6.07, 6.45) is 1.85. The van der Waals surface area contributed by atoms with Crippen LogP contribution in [0.3, 0.4) is 0 Å². The summed E-state index contributed by atoms with van der Waals surface area (Å²) >= 11 is 0. The molecular formula is C24H20N2O. The Morgan fingerprint density at radius 2 is 1.56 bits per heavy atom. The van der Waals surface area contributed by atoms with Gasteiger partial charge >= 0.3 is 0 Å². The summed E-state index contributed by atoms with van der Waals surface area (Å²) in [5.41, 5.74) is 5.47. The summed E-state index contributed by atoms with van der Waals surface area (Å²) in [5, 5.41) is 0. The Morgan fingerprint density at radius 3 is 2.26 bits per heavy atom. The van der Waals surface area contributed by atoms with Crippen LogP contribution in [-0.4, -0.2) is 11.7 Å². The van der Waals surface area contributed by atoms with Crippen molar-refractivity contribution in [3.63, 3.8) is 0 Å². The van der Waals surface area contributed by atoms with Gasteiger partial charge in [0.15, 0.2) is 0 Å². The molecule has 1 aliphatic heterocycles. The van der Waals surface area contributed by atoms with Crippen LogP contribution in [0.25, 0.3) is 6.08 Å². The highest BCUT2D eigenvalue weighted by Crippen LogP contribution is 2.28. The van der Waals surface area contributed by atoms with E-state index in [9.17, 15) is 4.79 Å². The van der Waals surface area contributed by atoms with Gasteiger partial charge in [0.1, 0.15) is 11.5 Å². The number of amides is 1. The Morgan fingerprint density at radius 1 is 0.815 bits per heavy atom. The second kappa shape index (κ2) is 7.04. The number of carbonyl (C=O) groups is 1. The van der Waals surface area contributed by atoms with E-state index in [1.54, 1.807) is 4.90 Å². The predicted octanol–water partition coefficient (Wildman–Crippen LogP) is 5.14. The third kappa shape index (κ3) is 3.44. The molecule has 3 heteroatoms. The molecule has 0 unspecified atom stereocenters. The van der Waals surface area contributed by atoms with E-state index in [1.807, 2.05) is 92.7 Å². The molecule has 1 aliphatic rings. The van der Waals surface area contributed by atoms with Gasteiger partial charge in [0.25, 0.3) is 5.91 Å². The van der Waals surface area contributed by atoms with Gasteiger partial charge in [0.05, 0.1) is 5.69 Å². The highest BCUT2D eigenvalue weighted by Gasteiger charge is 2.32. The average Bonchev–Trinajstić information content (AvgIpc) is 3.01. The minimum absolute atomic E-state index is 0.113. The third-order valence-electron chi connectivity index (χ3n) is 4.53. The summed E-state index contributed by atoms with van der Waals surface area (Å²) in [6.45, 7) is 4.08. The van der Waals surface area contributed by atoms with Crippen molar-refractivity contribution >= 4 is 23.5 Å². The van der Waals surface area contributed by atoms with E-state index in [4.69, 9.17) is 4.99 Å². The van der Waals surface area contributed by atoms with Crippen molar-refractivity contribution in [2.45, 2.75) is 13.8 Å². The summed E-state index contributed by atoms with van der Waals surface area (Å²) in [6, 6.07) is 25.8. The van der Waals surface area contributed by atoms with Crippen LogP contribution in [0, 0.1) is 13.8 Å². The molecule has 0 fully saturated rings. The van der Waals surface area contributed by atoms with Crippen LogP contribution in [0.15, 0.2) is 89.6 Å². The fourth-order valence-electron chi connectivity index (χ4n) is 3.13. The SMILES string of the molecule is Cc1ccc(/C=C2/N=C(c3cccc(C)c3)N(c3ccccc3)C2=O)cc1. The number of anilines is 1. The normalized spacial score (nSPS) is 15.3. The van der Waals surface area contributed by atoms with Crippen LogP contribution in [-0.2, 0) is 4.79 Å². The number of carbonyl (C=O) groups excluding carboxylic acids is 1. The molecule has 0 radical (unpaired) electrons. The third-order valence-corrected chi connectivity index (χ3v) is 4.53. The number of nitrogens with zero attached hydrogens (tertiary/aromatic N) is 2. The first kappa shape index (κ1) is 17.0. The molecule has 0 aromatic heterocycles. The van der Waals surface area contributed by atoms with Crippen molar-refractivity contribution < 1.29 is 4.79 Å². The zero-order chi connectivity index (χ0) is 18.8. The van der Waals surface area contributed by atoms with Crippen LogP contribution >= 0.6 is 0 Å². The smallest absolute Gasteiger partial charge is 0.266 e. The fraction of sp³-hybridized carbons (Fsp3) is 0.0833. The van der Waals surface area contributed by atoms with E-state index < -0.39 is 0 Å². The largest absolute Gasteiger partial charge is 0.282 e. The molecule has 3 aromatic rings. The minimum atomic E-state index is -0.113. The van der Waals surface area contributed by atoms with Crippen LogP contribution in [0.1, 0.15) is 22.3 Å². The van der Waals surface area contributed by atoms with Gasteiger partial charge < -0.3 is 0 Å². The van der Waals surface area contributed by atoms with Crippen LogP contribution in [0.2, 0.25) is 0 Å². The number of hydrogen-bond acceptors (Lipinski definition) is 2. The van der Waals surface area contributed by atoms with E-state index in [1.165, 1.54) is 5.56 Å². The first-order valence-corrected chi connectivity index (χ1v) is 8.95. The number of hydrogen-bond donors (Lipinski definition) is 0. The van der Waals surface area contributed by atoms with Gasteiger partial charge in [-0.25, -0.2) is 4.99 Å². The molecule has 0 bridgehead atoms. The lowest BCUT2D eigenvalue weighted by atomic mass is 10.1. The number of amidine groups is 1. The van der Waals surface area contributed by atoms with Gasteiger partial charge in [0, 0.05) is 5.56 Å². The quantitative estimate of drug-likeness (QED) is 0.601. The van der Waals surface area contributed by atoms with Crippen molar-refractivity contribution in [1.29, 1.82) is 0 Å². The first-order chi connectivity index (χ1) is 13.1. The second-order valence-corrected chi connectivity index (χ2v) is 6.72. The van der Waals surface area contributed by atoms with Crippen molar-refractivity contribution in [1.82, 2.24) is 0 Å². The van der Waals surface area contributed by atoms with Crippen molar-refractivity contribution in [3.05, 3.63) is 107 Å². The average molecular weight is 352 g/mol. The topological polar surface area (TPSA) is 32.7 Å². The van der Waals surface area contributed by atoms with Crippen molar-refractivity contribution in [3.8, 4) is 0 Å². The van der Waals surface area contributed by atoms with Crippen LogP contribution < -0.4 is 4.90 Å². The number of rotatable bonds is 3. The van der Waals surface area contributed by atoms with Crippen molar-refractivity contribution in [2.24, 2.45) is 4.99 Å². The van der Waals surface area contributed by atoms with Gasteiger partial charge in [-0.15, -0.1) is 0 Å². The molecular weight excluding hydrogens is 332 g/mol. The number of benzene rings is 3. The maximum atomic E-state index is 13.2. The number of aliphatic imine (C=N–C) groups is 1. The zero-order valence-corrected chi connectivity index (χ0v) is 15.4. The molecule has 3 aromatic carbocycles. The zero-order valence-electron chi connectivity index (χ0n) is 15.4. The predicted molar refractivity (Wildman–Crippen MR) is 111 cm³/mol. The number of aryl methyl sites for hydroxylation is 2. The molecule has 3 nitrogen and oxygen atoms in total. The fourth-order valence-corrected chi connectivity index (χ4v) is 3.13. The van der Waals surface area contributed by atoms with E-state index >= 15 is 0 Å². The van der Waals surface area contributed by atoms with Gasteiger partial charge in [0.2, 0.25) is 0 Å². The molecule has 0 spiro atoms. The van der Waals surface area contributed by atoms with Crippen LogP contribution in [0.5, 0.6) is 0 Å². The molecule has 0 aliphatic carbocycles. The van der Waals surface area contributed by atoms with E-state index in [0.29, 0.717) is 11.5 Å². The first-order valence-electron chi connectivity index (χ1n) is 8.95. The number of para-hydroxylation sites is 1. The van der Waals surface area contributed by atoms with E-state index in [-0.39, 0.29) is 5.91 Å². The molecule has 4 rings (SSSR count). The Labute approximate surface area is 159 Å². The second-order valence-electron chi connectivity index (χ2n) is 6.72. The molecule has 0 atom stereocenters. The monoisotopic (exact) mass is 352 g/mol. The lowest BCUT2D eigenvalue weighted by molar-refractivity contribution is -0.113. The Kier molecular flexibility index (Phi) is 4.43. The van der Waals surface area contributed by atoms with Gasteiger partial charge in [-0.1, -0.05) is 71.8 Å². The molecule has 0 saturated carbocycles. The molecule has 0 N–H and O–H groups in total. The van der Waals surface area contributed by atoms with E-state index in [2.05, 4.69) is 6.07 Å². The molecule has 1 amide bonds. The van der Waals surface area contributed by atoms with Crippen molar-refractivity contribution in [2.75, 3.05) is 4.90 Å². The lowest BCUT2D eigenvalue weighted by Crippen LogP contribution is -2.32. The Balaban J connectivity index is 1.82. The molecule has 0 saturated heterocycles. The summed E-state index contributed by atoms with van der Waals surface area (Å²) < 4.78 is 0. The minimum Gasteiger partial charge on any atom is -0.266 e. The summed E-state index contributed by atoms with van der Waals surface area (Å²) in [7, 11) is 0. The highest BCUT2D eigenvalue weighted by molar-refractivity contribution is 6.33. The maximum absolute atomic E-state index is 13.2. The highest BCUT2D eigenvalue weighted by atomic mass is 16.2. The molecule has 132 valence electrons. The summed E-state index contributed by atoms with van der Waals surface area (Å²) in [4.78, 5) is 19.6.